The maximum absolute atomic E-state index is 13.4. The fraction of sp³-hybridized carbons (Fsp3) is 0.615. The lowest BCUT2D eigenvalue weighted by Crippen LogP contribution is -2.43. The number of phosphoric ester groups is 2. The Hall–Kier alpha value is -2.78. The maximum Gasteiger partial charge on any atom is 0.472 e. The molecule has 10 atom stereocenters. The van der Waals surface area contributed by atoms with E-state index >= 15 is 0 Å². The molecule has 0 radical (unpaired) electrons. The van der Waals surface area contributed by atoms with Crippen molar-refractivity contribution in [2.75, 3.05) is 37.5 Å². The molecule has 3 aromatic rings. The second-order valence-electron chi connectivity index (χ2n) is 11.9. The van der Waals surface area contributed by atoms with Gasteiger partial charge in [-0.25, -0.2) is 28.9 Å². The first-order valence-corrected chi connectivity index (χ1v) is 21.6. The average molecular weight is 843 g/mol. The Labute approximate surface area is 313 Å². The summed E-state index contributed by atoms with van der Waals surface area (Å²) in [7, 11) is -7.13. The number of aliphatic hydroxyl groups is 1. The maximum atomic E-state index is 13.4. The summed E-state index contributed by atoms with van der Waals surface area (Å²) in [5.41, 5.74) is 22.9. The third-order valence-corrected chi connectivity index (χ3v) is 12.0. The molecule has 0 spiro atoms. The van der Waals surface area contributed by atoms with Crippen LogP contribution < -0.4 is 28.6 Å². The van der Waals surface area contributed by atoms with Gasteiger partial charge in [0.1, 0.15) is 54.3 Å². The number of nitrogen functional groups attached to an aromatic ring is 2. The lowest BCUT2D eigenvalue weighted by molar-refractivity contribution is -0.158. The van der Waals surface area contributed by atoms with E-state index in [0.29, 0.717) is 13.0 Å². The van der Waals surface area contributed by atoms with E-state index in [0.717, 1.165) is 10.9 Å². The molecule has 0 aliphatic carbocycles. The second-order valence-corrected chi connectivity index (χ2v) is 17.4. The number of carbonyl (C=O) groups excluding carboxylic acids is 1. The van der Waals surface area contributed by atoms with E-state index in [1.165, 1.54) is 44.7 Å². The number of anilines is 2. The lowest BCUT2D eigenvalue weighted by atomic mass is 10.1. The van der Waals surface area contributed by atoms with Crippen LogP contribution in [-0.4, -0.2) is 123 Å². The normalized spacial score (nSPS) is 26.8. The van der Waals surface area contributed by atoms with Gasteiger partial charge in [0, 0.05) is 24.4 Å². The summed E-state index contributed by atoms with van der Waals surface area (Å²) in [5, 5.41) is 11.4. The summed E-state index contributed by atoms with van der Waals surface area (Å²) in [6.07, 6.45) is -4.04. The zero-order valence-electron chi connectivity index (χ0n) is 28.3. The van der Waals surface area contributed by atoms with Gasteiger partial charge in [0.2, 0.25) is 0 Å². The summed E-state index contributed by atoms with van der Waals surface area (Å²) >= 11 is 0. The van der Waals surface area contributed by atoms with Crippen molar-refractivity contribution in [2.45, 2.75) is 73.5 Å². The molecule has 2 aliphatic rings. The Balaban J connectivity index is 1.33. The molecule has 5 rings (SSSR count). The molecule has 0 bridgehead atoms. The Morgan fingerprint density at radius 3 is 2.52 bits per heavy atom. The van der Waals surface area contributed by atoms with Crippen LogP contribution in [0, 0.1) is 0 Å². The van der Waals surface area contributed by atoms with E-state index < -0.39 is 89.5 Å². The van der Waals surface area contributed by atoms with Crippen molar-refractivity contribution in [3.63, 3.8) is 0 Å². The van der Waals surface area contributed by atoms with Crippen LogP contribution in [0.2, 0.25) is 0 Å². The van der Waals surface area contributed by atoms with Gasteiger partial charge < -0.3 is 56.9 Å². The molecule has 12 N–H and O–H groups in total. The molecule has 5 heterocycles. The molecule has 2 aliphatic heterocycles. The van der Waals surface area contributed by atoms with E-state index in [2.05, 4.69) is 24.5 Å². The quantitative estimate of drug-likeness (QED) is 0.0422. The Kier molecular flexibility index (Phi) is 14.1. The highest BCUT2D eigenvalue weighted by molar-refractivity contribution is 8.76. The van der Waals surface area contributed by atoms with Gasteiger partial charge in [0.15, 0.2) is 23.8 Å². The Bertz CT molecular complexity index is 1920. The molecule has 0 amide bonds. The first kappa shape index (κ1) is 42.4. The number of aliphatic hydroxyl groups excluding tert-OH is 1. The Morgan fingerprint density at radius 2 is 1.83 bits per heavy atom. The number of aromatic nitrogens is 6. The fourth-order valence-electron chi connectivity index (χ4n) is 5.65. The number of imidazole rings is 1. The van der Waals surface area contributed by atoms with Crippen LogP contribution in [-0.2, 0) is 41.7 Å². The molecular weight excluding hydrogens is 802 g/mol. The van der Waals surface area contributed by atoms with Gasteiger partial charge in [-0.05, 0) is 25.2 Å². The number of hydrogen-bond donors (Lipinski definition) is 8. The van der Waals surface area contributed by atoms with Gasteiger partial charge in [-0.3, -0.25) is 27.5 Å². The molecular formula is C26H40N10O14P2S2. The SMILES string of the molecule is CSSC(CN)CCC(N)C(=O)O[C@H]1[C@@H](O)[C@@H](n2cnc3c(N)ncnc32)O[C@H]1COP(=O)(O)O[C@H]1C[C@H](n2ccc(N)nc2=O)O[C@@H]1COP(=O)(O)O. The minimum Gasteiger partial charge on any atom is -0.455 e. The third kappa shape index (κ3) is 10.5. The topological polar surface area (TPSA) is 370 Å². The van der Waals surface area contributed by atoms with Crippen LogP contribution in [0.1, 0.15) is 31.7 Å². The van der Waals surface area contributed by atoms with E-state index in [-0.39, 0.29) is 40.9 Å². The monoisotopic (exact) mass is 842 g/mol. The van der Waals surface area contributed by atoms with Gasteiger partial charge in [0.05, 0.1) is 19.5 Å². The van der Waals surface area contributed by atoms with Crippen LogP contribution in [0.3, 0.4) is 0 Å². The lowest BCUT2D eigenvalue weighted by Gasteiger charge is -2.24. The summed E-state index contributed by atoms with van der Waals surface area (Å²) < 4.78 is 59.5. The van der Waals surface area contributed by atoms with Crippen LogP contribution >= 0.6 is 37.2 Å². The number of phosphoric acid groups is 2. The molecule has 0 aromatic carbocycles. The number of esters is 1. The number of ether oxygens (including phenoxy) is 3. The molecule has 54 heavy (non-hydrogen) atoms. The highest BCUT2D eigenvalue weighted by Gasteiger charge is 2.50. The number of hydrogen-bond acceptors (Lipinski definition) is 21. The number of rotatable bonds is 18. The van der Waals surface area contributed by atoms with E-state index in [1.54, 1.807) is 0 Å². The zero-order chi connectivity index (χ0) is 39.4. The molecule has 0 saturated carbocycles. The second kappa shape index (κ2) is 18.0. The number of carbonyl (C=O) groups is 1. The van der Waals surface area contributed by atoms with Crippen LogP contribution in [0.5, 0.6) is 0 Å². The van der Waals surface area contributed by atoms with Gasteiger partial charge in [-0.1, -0.05) is 21.6 Å². The molecule has 3 aromatic heterocycles. The van der Waals surface area contributed by atoms with Crippen molar-refractivity contribution < 1.29 is 61.5 Å². The molecule has 28 heteroatoms. The van der Waals surface area contributed by atoms with E-state index in [9.17, 15) is 38.5 Å². The average Bonchev–Trinajstić information content (AvgIpc) is 3.80. The van der Waals surface area contributed by atoms with E-state index in [4.69, 9.17) is 46.2 Å². The molecule has 2 saturated heterocycles. The van der Waals surface area contributed by atoms with Gasteiger partial charge in [0.25, 0.3) is 0 Å². The number of fused-ring (bicyclic) bond motifs is 1. The summed E-state index contributed by atoms with van der Waals surface area (Å²) in [6, 6.07) is 0.157. The van der Waals surface area contributed by atoms with Crippen molar-refractivity contribution in [3.8, 4) is 0 Å². The largest absolute Gasteiger partial charge is 0.472 e. The van der Waals surface area contributed by atoms with Crippen molar-refractivity contribution in [1.82, 2.24) is 29.1 Å². The zero-order valence-corrected chi connectivity index (χ0v) is 31.7. The standard InChI is InChI=1S/C26H40N10O14P2S2/c1-53-54-12(7-27)2-3-13(28)25(38)49-21-16(48-24(20(21)37)36-11-33-19-22(30)31-10-32-23(19)36)9-46-52(43,44)50-14-6-18(35-5-4-17(29)34-26(35)39)47-15(14)8-45-51(40,41)42/h4-5,10-16,18,20-21,24,37H,2-3,6-9,27-28H2,1H3,(H,43,44)(H2,29,34,39)(H2,30,31,32)(H2,40,41,42)/t12?,13?,14-,15+,16-,18+,20+,21+,24-/m0/s1. The van der Waals surface area contributed by atoms with E-state index in [1.807, 2.05) is 6.26 Å². The smallest absolute Gasteiger partial charge is 0.455 e. The predicted octanol–water partition coefficient (Wildman–Crippen LogP) is -1.24. The van der Waals surface area contributed by atoms with Crippen molar-refractivity contribution >= 4 is 66.0 Å². The van der Waals surface area contributed by atoms with Crippen molar-refractivity contribution in [3.05, 3.63) is 35.4 Å². The minimum atomic E-state index is -5.14. The molecule has 300 valence electrons. The van der Waals surface area contributed by atoms with Crippen LogP contribution in [0.25, 0.3) is 11.2 Å². The van der Waals surface area contributed by atoms with Gasteiger partial charge >= 0.3 is 27.3 Å². The summed E-state index contributed by atoms with van der Waals surface area (Å²) in [4.78, 5) is 70.7. The summed E-state index contributed by atoms with van der Waals surface area (Å²) in [6.45, 7) is -1.29. The van der Waals surface area contributed by atoms with Crippen LogP contribution in [0.4, 0.5) is 11.6 Å². The first-order valence-electron chi connectivity index (χ1n) is 16.0. The first-order chi connectivity index (χ1) is 25.5. The third-order valence-electron chi connectivity index (χ3n) is 8.24. The molecule has 24 nitrogen and oxygen atoms in total. The molecule has 3 unspecified atom stereocenters. The Morgan fingerprint density at radius 1 is 1.09 bits per heavy atom. The van der Waals surface area contributed by atoms with Crippen molar-refractivity contribution in [1.29, 1.82) is 0 Å². The van der Waals surface area contributed by atoms with Gasteiger partial charge in [-0.2, -0.15) is 4.98 Å². The van der Waals surface area contributed by atoms with Crippen molar-refractivity contribution in [2.24, 2.45) is 11.5 Å². The highest BCUT2D eigenvalue weighted by atomic mass is 33.1. The van der Waals surface area contributed by atoms with Crippen LogP contribution in [0.15, 0.2) is 29.7 Å². The number of nitrogens with two attached hydrogens (primary N) is 4. The minimum absolute atomic E-state index is 0.0139. The van der Waals surface area contributed by atoms with Gasteiger partial charge in [-0.15, -0.1) is 0 Å². The predicted molar refractivity (Wildman–Crippen MR) is 191 cm³/mol. The fourth-order valence-corrected chi connectivity index (χ4v) is 8.87. The summed E-state index contributed by atoms with van der Waals surface area (Å²) in [5.74, 6) is -0.958. The highest BCUT2D eigenvalue weighted by Crippen LogP contribution is 2.50. The molecule has 2 fully saturated rings. The number of nitrogens with zero attached hydrogens (tertiary/aromatic N) is 6.